The molecular weight excluding hydrogens is 520 g/mol. The fraction of sp³-hybridized carbons (Fsp3) is 0.364. The first kappa shape index (κ1) is 26.8. The first-order valence-electron chi connectivity index (χ1n) is 14.3. The van der Waals surface area contributed by atoms with Gasteiger partial charge in [-0.3, -0.25) is 14.6 Å². The summed E-state index contributed by atoms with van der Waals surface area (Å²) >= 11 is 1.56. The van der Waals surface area contributed by atoms with E-state index in [1.165, 1.54) is 44.8 Å². The van der Waals surface area contributed by atoms with Crippen molar-refractivity contribution in [1.82, 2.24) is 9.80 Å². The van der Waals surface area contributed by atoms with Crippen molar-refractivity contribution in [2.24, 2.45) is 0 Å². The number of phenols is 1. The summed E-state index contributed by atoms with van der Waals surface area (Å²) in [6.07, 6.45) is 5.04. The van der Waals surface area contributed by atoms with Gasteiger partial charge in [0, 0.05) is 39.7 Å². The van der Waals surface area contributed by atoms with Crippen molar-refractivity contribution in [2.45, 2.75) is 25.7 Å². The van der Waals surface area contributed by atoms with Gasteiger partial charge in [-0.2, -0.15) is 0 Å². The van der Waals surface area contributed by atoms with E-state index in [2.05, 4.69) is 28.0 Å². The number of ketones is 1. The van der Waals surface area contributed by atoms with Gasteiger partial charge in [0.2, 0.25) is 0 Å². The Labute approximate surface area is 239 Å². The fourth-order valence-corrected chi connectivity index (χ4v) is 6.72. The molecule has 1 aromatic heterocycles. The Hall–Kier alpha value is -3.39. The van der Waals surface area contributed by atoms with E-state index >= 15 is 0 Å². The second kappa shape index (κ2) is 12.4. The zero-order valence-corrected chi connectivity index (χ0v) is 23.6. The Balaban J connectivity index is 1.17. The van der Waals surface area contributed by atoms with Gasteiger partial charge in [0.15, 0.2) is 17.3 Å². The van der Waals surface area contributed by atoms with Crippen LogP contribution in [-0.4, -0.2) is 73.2 Å². The van der Waals surface area contributed by atoms with Gasteiger partial charge in [-0.25, -0.2) is 0 Å². The summed E-state index contributed by atoms with van der Waals surface area (Å²) in [5.74, 6) is 1.15. The van der Waals surface area contributed by atoms with Gasteiger partial charge in [0.25, 0.3) is 0 Å². The van der Waals surface area contributed by atoms with E-state index in [-0.39, 0.29) is 11.5 Å². The molecule has 208 valence electrons. The Morgan fingerprint density at radius 2 is 1.50 bits per heavy atom. The Morgan fingerprint density at radius 1 is 0.825 bits per heavy atom. The van der Waals surface area contributed by atoms with Crippen LogP contribution in [0.2, 0.25) is 0 Å². The largest absolute Gasteiger partial charge is 0.504 e. The van der Waals surface area contributed by atoms with E-state index in [4.69, 9.17) is 9.47 Å². The van der Waals surface area contributed by atoms with Gasteiger partial charge < -0.3 is 14.6 Å². The maximum Gasteiger partial charge on any atom is 0.194 e. The van der Waals surface area contributed by atoms with Crippen molar-refractivity contribution < 1.29 is 19.4 Å². The normalized spacial score (nSPS) is 16.1. The highest BCUT2D eigenvalue weighted by molar-refractivity contribution is 7.17. The van der Waals surface area contributed by atoms with Crippen LogP contribution in [0.3, 0.4) is 0 Å². The zero-order valence-electron chi connectivity index (χ0n) is 22.8. The molecule has 7 heteroatoms. The molecule has 0 bridgehead atoms. The van der Waals surface area contributed by atoms with Crippen LogP contribution in [0.4, 0.5) is 0 Å². The van der Waals surface area contributed by atoms with Crippen LogP contribution in [0.1, 0.15) is 41.6 Å². The third-order valence-electron chi connectivity index (χ3n) is 7.97. The third kappa shape index (κ3) is 6.02. The predicted octanol–water partition coefficient (Wildman–Crippen LogP) is 6.45. The Morgan fingerprint density at radius 3 is 2.17 bits per heavy atom. The topological polar surface area (TPSA) is 62.2 Å². The average Bonchev–Trinajstić information content (AvgIpc) is 3.76. The molecule has 1 N–H and O–H groups in total. The van der Waals surface area contributed by atoms with Crippen LogP contribution in [-0.2, 0) is 0 Å². The smallest absolute Gasteiger partial charge is 0.194 e. The number of hydrogen-bond acceptors (Lipinski definition) is 7. The number of ether oxygens (including phenoxy) is 2. The number of nitrogens with zero attached hydrogens (tertiary/aromatic N) is 2. The molecule has 2 aliphatic rings. The maximum absolute atomic E-state index is 13.7. The van der Waals surface area contributed by atoms with E-state index in [1.54, 1.807) is 23.5 Å². The number of benzene rings is 3. The van der Waals surface area contributed by atoms with Crippen molar-refractivity contribution >= 4 is 27.2 Å². The first-order chi connectivity index (χ1) is 19.7. The number of phenolic OH excluding ortho intramolecular Hbond substituents is 1. The van der Waals surface area contributed by atoms with Crippen molar-refractivity contribution in [3.05, 3.63) is 77.2 Å². The van der Waals surface area contributed by atoms with Gasteiger partial charge in [-0.15, -0.1) is 11.3 Å². The Bertz CT molecular complexity index is 1450. The third-order valence-corrected chi connectivity index (χ3v) is 8.92. The SMILES string of the molecule is O=C(c1ccc(OCCN2CCCC2)c(O)c1)c1csc2cccc(-c3ccc(OCCN4CCCC4)cc3)c12. The van der Waals surface area contributed by atoms with E-state index in [1.807, 2.05) is 29.6 Å². The molecule has 3 heterocycles. The predicted molar refractivity (Wildman–Crippen MR) is 161 cm³/mol. The minimum absolute atomic E-state index is 0.00708. The summed E-state index contributed by atoms with van der Waals surface area (Å²) in [6, 6.07) is 19.2. The van der Waals surface area contributed by atoms with Crippen LogP contribution >= 0.6 is 11.3 Å². The highest BCUT2D eigenvalue weighted by Crippen LogP contribution is 2.37. The molecule has 4 aromatic rings. The van der Waals surface area contributed by atoms with E-state index in [0.29, 0.717) is 30.1 Å². The molecule has 2 fully saturated rings. The van der Waals surface area contributed by atoms with Crippen LogP contribution in [0.5, 0.6) is 17.2 Å². The monoisotopic (exact) mass is 556 g/mol. The summed E-state index contributed by atoms with van der Waals surface area (Å²) in [5.41, 5.74) is 3.13. The lowest BCUT2D eigenvalue weighted by molar-refractivity contribution is 0.104. The molecule has 40 heavy (non-hydrogen) atoms. The molecular formula is C33H36N2O4S. The van der Waals surface area contributed by atoms with Crippen molar-refractivity contribution in [1.29, 1.82) is 0 Å². The van der Waals surface area contributed by atoms with Crippen LogP contribution < -0.4 is 9.47 Å². The molecule has 0 aliphatic carbocycles. The molecule has 0 saturated carbocycles. The molecule has 0 amide bonds. The van der Waals surface area contributed by atoms with Gasteiger partial charge in [-0.05, 0) is 99.4 Å². The number of fused-ring (bicyclic) bond motifs is 1. The number of carbonyl (C=O) groups is 1. The van der Waals surface area contributed by atoms with E-state index in [0.717, 1.165) is 53.1 Å². The number of carbonyl (C=O) groups excluding carboxylic acids is 1. The highest BCUT2D eigenvalue weighted by atomic mass is 32.1. The Kier molecular flexibility index (Phi) is 8.32. The summed E-state index contributed by atoms with van der Waals surface area (Å²) in [5, 5.41) is 13.5. The van der Waals surface area contributed by atoms with Crippen molar-refractivity contribution in [3.63, 3.8) is 0 Å². The van der Waals surface area contributed by atoms with Crippen molar-refractivity contribution in [2.75, 3.05) is 52.5 Å². The van der Waals surface area contributed by atoms with E-state index < -0.39 is 0 Å². The number of thiophene rings is 1. The van der Waals surface area contributed by atoms with Gasteiger partial charge in [0.1, 0.15) is 19.0 Å². The molecule has 2 saturated heterocycles. The number of rotatable bonds is 11. The minimum Gasteiger partial charge on any atom is -0.504 e. The number of hydrogen-bond donors (Lipinski definition) is 1. The van der Waals surface area contributed by atoms with Gasteiger partial charge >= 0.3 is 0 Å². The summed E-state index contributed by atoms with van der Waals surface area (Å²) < 4.78 is 12.9. The first-order valence-corrected chi connectivity index (χ1v) is 15.2. The van der Waals surface area contributed by atoms with Gasteiger partial charge in [-0.1, -0.05) is 24.3 Å². The summed E-state index contributed by atoms with van der Waals surface area (Å²) in [4.78, 5) is 18.5. The number of likely N-dealkylation sites (tertiary alicyclic amines) is 2. The van der Waals surface area contributed by atoms with Crippen LogP contribution in [0, 0.1) is 0 Å². The lowest BCUT2D eigenvalue weighted by Crippen LogP contribution is -2.25. The summed E-state index contributed by atoms with van der Waals surface area (Å²) in [7, 11) is 0. The molecule has 0 spiro atoms. The summed E-state index contributed by atoms with van der Waals surface area (Å²) in [6.45, 7) is 7.56. The quantitative estimate of drug-likeness (QED) is 0.214. The molecule has 6 rings (SSSR count). The van der Waals surface area contributed by atoms with Crippen LogP contribution in [0.15, 0.2) is 66.0 Å². The molecule has 0 radical (unpaired) electrons. The molecule has 3 aromatic carbocycles. The van der Waals surface area contributed by atoms with Gasteiger partial charge in [0.05, 0.1) is 0 Å². The average molecular weight is 557 g/mol. The highest BCUT2D eigenvalue weighted by Gasteiger charge is 2.20. The fourth-order valence-electron chi connectivity index (χ4n) is 5.75. The lowest BCUT2D eigenvalue weighted by Gasteiger charge is -2.15. The lowest BCUT2D eigenvalue weighted by atomic mass is 9.95. The van der Waals surface area contributed by atoms with E-state index in [9.17, 15) is 9.90 Å². The second-order valence-corrected chi connectivity index (χ2v) is 11.6. The molecule has 2 aliphatic heterocycles. The maximum atomic E-state index is 13.7. The molecule has 0 unspecified atom stereocenters. The standard InChI is InChI=1S/C33H36N2O4S/c36-29-22-25(10-13-30(29)39-21-19-35-16-3-4-17-35)33(37)28-23-40-31-7-5-6-27(32(28)31)24-8-11-26(12-9-24)38-20-18-34-14-1-2-15-34/h5-13,22-23,36H,1-4,14-21H2. The molecule has 6 nitrogen and oxygen atoms in total. The minimum atomic E-state index is -0.112. The van der Waals surface area contributed by atoms with Crippen LogP contribution in [0.25, 0.3) is 21.2 Å². The number of aromatic hydroxyl groups is 1. The second-order valence-electron chi connectivity index (χ2n) is 10.7. The molecule has 0 atom stereocenters. The van der Waals surface area contributed by atoms with Crippen molar-refractivity contribution in [3.8, 4) is 28.4 Å². The zero-order chi connectivity index (χ0) is 27.3.